The van der Waals surface area contributed by atoms with Gasteiger partial charge in [-0.15, -0.1) is 0 Å². The minimum Gasteiger partial charge on any atom is -0.435 e. The predicted octanol–water partition coefficient (Wildman–Crippen LogP) is 2.29. The Morgan fingerprint density at radius 1 is 1.24 bits per heavy atom. The molecule has 5 nitrogen and oxygen atoms in total. The average Bonchev–Trinajstić information content (AvgIpc) is 2.60. The van der Waals surface area contributed by atoms with Crippen molar-refractivity contribution >= 4 is 5.91 Å². The van der Waals surface area contributed by atoms with Gasteiger partial charge in [0.15, 0.2) is 0 Å². The monoisotopic (exact) mass is 355 g/mol. The zero-order valence-electron chi connectivity index (χ0n) is 14.9. The van der Waals surface area contributed by atoms with Crippen LogP contribution in [0, 0.1) is 5.92 Å². The summed E-state index contributed by atoms with van der Waals surface area (Å²) in [7, 11) is 0. The van der Waals surface area contributed by atoms with Gasteiger partial charge in [-0.1, -0.05) is 19.9 Å². The van der Waals surface area contributed by atoms with E-state index in [1.165, 1.54) is 18.2 Å². The molecule has 1 aliphatic rings. The van der Waals surface area contributed by atoms with Gasteiger partial charge in [-0.2, -0.15) is 8.78 Å². The number of rotatable bonds is 8. The molecule has 1 aromatic rings. The van der Waals surface area contributed by atoms with Gasteiger partial charge < -0.3 is 19.9 Å². The number of nitrogens with zero attached hydrogens (tertiary/aromatic N) is 2. The first-order valence-electron chi connectivity index (χ1n) is 8.75. The van der Waals surface area contributed by atoms with Crippen molar-refractivity contribution in [3.05, 3.63) is 29.8 Å². The van der Waals surface area contributed by atoms with Crippen molar-refractivity contribution in [1.29, 1.82) is 0 Å². The van der Waals surface area contributed by atoms with Crippen LogP contribution in [0.2, 0.25) is 0 Å². The molecule has 1 fully saturated rings. The van der Waals surface area contributed by atoms with Crippen molar-refractivity contribution in [2.45, 2.75) is 20.5 Å². The lowest BCUT2D eigenvalue weighted by Crippen LogP contribution is -2.48. The lowest BCUT2D eigenvalue weighted by atomic mass is 10.1. The SMILES string of the molecule is CCN1CCN(CC(C)CNC(=O)c2cccc(OC(F)F)c2)CC1. The third kappa shape index (κ3) is 6.59. The largest absolute Gasteiger partial charge is 0.435 e. The summed E-state index contributed by atoms with van der Waals surface area (Å²) >= 11 is 0. The number of hydrogen-bond acceptors (Lipinski definition) is 4. The number of ether oxygens (including phenoxy) is 1. The van der Waals surface area contributed by atoms with Crippen molar-refractivity contribution in [1.82, 2.24) is 15.1 Å². The Balaban J connectivity index is 1.75. The highest BCUT2D eigenvalue weighted by Crippen LogP contribution is 2.16. The molecule has 0 radical (unpaired) electrons. The van der Waals surface area contributed by atoms with E-state index in [1.54, 1.807) is 6.07 Å². The van der Waals surface area contributed by atoms with Crippen LogP contribution in [-0.2, 0) is 0 Å². The van der Waals surface area contributed by atoms with Crippen LogP contribution >= 0.6 is 0 Å². The molecule has 140 valence electrons. The van der Waals surface area contributed by atoms with Crippen molar-refractivity contribution in [2.24, 2.45) is 5.92 Å². The fourth-order valence-electron chi connectivity index (χ4n) is 2.98. The Morgan fingerprint density at radius 3 is 2.56 bits per heavy atom. The van der Waals surface area contributed by atoms with E-state index >= 15 is 0 Å². The number of carbonyl (C=O) groups excluding carboxylic acids is 1. The summed E-state index contributed by atoms with van der Waals surface area (Å²) in [5.74, 6) is 0.0319. The van der Waals surface area contributed by atoms with Crippen molar-refractivity contribution in [2.75, 3.05) is 45.8 Å². The topological polar surface area (TPSA) is 44.8 Å². The minimum atomic E-state index is -2.90. The van der Waals surface area contributed by atoms with Crippen molar-refractivity contribution in [3.63, 3.8) is 0 Å². The van der Waals surface area contributed by atoms with E-state index in [2.05, 4.69) is 33.7 Å². The molecule has 0 saturated carbocycles. The van der Waals surface area contributed by atoms with Crippen molar-refractivity contribution < 1.29 is 18.3 Å². The molecule has 1 unspecified atom stereocenters. The highest BCUT2D eigenvalue weighted by atomic mass is 19.3. The predicted molar refractivity (Wildman–Crippen MR) is 93.1 cm³/mol. The second-order valence-corrected chi connectivity index (χ2v) is 6.46. The first kappa shape index (κ1) is 19.6. The molecule has 0 aliphatic carbocycles. The van der Waals surface area contributed by atoms with Gasteiger partial charge in [-0.3, -0.25) is 4.79 Å². The van der Waals surface area contributed by atoms with Crippen LogP contribution in [0.1, 0.15) is 24.2 Å². The first-order chi connectivity index (χ1) is 12.0. The quantitative estimate of drug-likeness (QED) is 0.777. The van der Waals surface area contributed by atoms with E-state index in [0.29, 0.717) is 18.0 Å². The molecule has 1 N–H and O–H groups in total. The van der Waals surface area contributed by atoms with Crippen LogP contribution in [-0.4, -0.2) is 68.1 Å². The lowest BCUT2D eigenvalue weighted by molar-refractivity contribution is -0.0498. The third-order valence-corrected chi connectivity index (χ3v) is 4.41. The van der Waals surface area contributed by atoms with Crippen LogP contribution in [0.15, 0.2) is 24.3 Å². The standard InChI is InChI=1S/C18H27F2N3O2/c1-3-22-7-9-23(10-8-22)13-14(2)12-21-17(24)15-5-4-6-16(11-15)25-18(19)20/h4-6,11,14,18H,3,7-10,12-13H2,1-2H3,(H,21,24). The summed E-state index contributed by atoms with van der Waals surface area (Å²) in [5, 5.41) is 2.87. The molecule has 2 rings (SSSR count). The number of amides is 1. The second kappa shape index (κ2) is 9.68. The number of halogens is 2. The first-order valence-corrected chi connectivity index (χ1v) is 8.75. The second-order valence-electron chi connectivity index (χ2n) is 6.46. The van der Waals surface area contributed by atoms with Crippen LogP contribution in [0.3, 0.4) is 0 Å². The number of nitrogens with one attached hydrogen (secondary N) is 1. The molecule has 25 heavy (non-hydrogen) atoms. The maximum absolute atomic E-state index is 12.2. The number of benzene rings is 1. The summed E-state index contributed by atoms with van der Waals surface area (Å²) in [5.41, 5.74) is 0.321. The van der Waals surface area contributed by atoms with Crippen molar-refractivity contribution in [3.8, 4) is 5.75 Å². The van der Waals surface area contributed by atoms with Gasteiger partial charge in [-0.05, 0) is 30.7 Å². The fraction of sp³-hybridized carbons (Fsp3) is 0.611. The minimum absolute atomic E-state index is 0.00973. The summed E-state index contributed by atoms with van der Waals surface area (Å²) in [6.45, 7) is 8.24. The molecule has 1 amide bonds. The molecule has 0 aromatic heterocycles. The number of carbonyl (C=O) groups is 1. The van der Waals surface area contributed by atoms with Gasteiger partial charge in [0.25, 0.3) is 5.91 Å². The number of hydrogen-bond donors (Lipinski definition) is 1. The molecule has 1 aliphatic heterocycles. The molecule has 0 bridgehead atoms. The van der Waals surface area contributed by atoms with Gasteiger partial charge in [0, 0.05) is 44.8 Å². The maximum atomic E-state index is 12.2. The summed E-state index contributed by atoms with van der Waals surface area (Å²) in [4.78, 5) is 17.0. The molecule has 1 saturated heterocycles. The van der Waals surface area contributed by atoms with Gasteiger partial charge in [0.1, 0.15) is 5.75 Å². The van der Waals surface area contributed by atoms with E-state index in [4.69, 9.17) is 0 Å². The zero-order chi connectivity index (χ0) is 18.2. The normalized spacial score (nSPS) is 17.5. The highest BCUT2D eigenvalue weighted by Gasteiger charge is 2.18. The van der Waals surface area contributed by atoms with Crippen LogP contribution < -0.4 is 10.1 Å². The molecule has 7 heteroatoms. The molecule has 1 atom stereocenters. The number of likely N-dealkylation sites (N-methyl/N-ethyl adjacent to an activating group) is 1. The van der Waals surface area contributed by atoms with Gasteiger partial charge in [0.2, 0.25) is 0 Å². The van der Waals surface area contributed by atoms with E-state index in [9.17, 15) is 13.6 Å². The molecular weight excluding hydrogens is 328 g/mol. The Kier molecular flexibility index (Phi) is 7.58. The van der Waals surface area contributed by atoms with Gasteiger partial charge in [0.05, 0.1) is 0 Å². The zero-order valence-corrected chi connectivity index (χ0v) is 14.9. The molecule has 1 heterocycles. The smallest absolute Gasteiger partial charge is 0.387 e. The fourth-order valence-corrected chi connectivity index (χ4v) is 2.98. The summed E-state index contributed by atoms with van der Waals surface area (Å²) < 4.78 is 28.8. The molecular formula is C18H27F2N3O2. The van der Waals surface area contributed by atoms with E-state index in [-0.39, 0.29) is 11.7 Å². The van der Waals surface area contributed by atoms with Crippen LogP contribution in [0.5, 0.6) is 5.75 Å². The Labute approximate surface area is 147 Å². The Hall–Kier alpha value is -1.73. The van der Waals surface area contributed by atoms with Crippen LogP contribution in [0.4, 0.5) is 8.78 Å². The number of piperazine rings is 1. The summed E-state index contributed by atoms with van der Waals surface area (Å²) in [6, 6.07) is 5.85. The Bertz CT molecular complexity index is 549. The van der Waals surface area contributed by atoms with Gasteiger partial charge in [-0.25, -0.2) is 0 Å². The third-order valence-electron chi connectivity index (χ3n) is 4.41. The van der Waals surface area contributed by atoms with Crippen LogP contribution in [0.25, 0.3) is 0 Å². The van der Waals surface area contributed by atoms with E-state index < -0.39 is 6.61 Å². The lowest BCUT2D eigenvalue weighted by Gasteiger charge is -2.35. The highest BCUT2D eigenvalue weighted by molar-refractivity contribution is 5.94. The molecule has 0 spiro atoms. The Morgan fingerprint density at radius 2 is 1.92 bits per heavy atom. The van der Waals surface area contributed by atoms with E-state index in [0.717, 1.165) is 39.3 Å². The van der Waals surface area contributed by atoms with E-state index in [1.807, 2.05) is 0 Å². The average molecular weight is 355 g/mol. The number of alkyl halides is 2. The summed E-state index contributed by atoms with van der Waals surface area (Å²) in [6.07, 6.45) is 0. The maximum Gasteiger partial charge on any atom is 0.387 e. The molecule has 1 aromatic carbocycles. The van der Waals surface area contributed by atoms with Gasteiger partial charge >= 0.3 is 6.61 Å².